The predicted molar refractivity (Wildman–Crippen MR) is 73.1 cm³/mol. The van der Waals surface area contributed by atoms with Crippen LogP contribution in [-0.2, 0) is 9.53 Å². The molecule has 0 spiro atoms. The number of aryl methyl sites for hydroxylation is 2. The quantitative estimate of drug-likeness (QED) is 0.781. The summed E-state index contributed by atoms with van der Waals surface area (Å²) >= 11 is 0. The zero-order valence-electron chi connectivity index (χ0n) is 11.8. The number of hydrogen-bond donors (Lipinski definition) is 0. The van der Waals surface area contributed by atoms with Crippen LogP contribution < -0.4 is 4.90 Å². The second kappa shape index (κ2) is 5.99. The molecule has 1 aromatic heterocycles. The third-order valence-electron chi connectivity index (χ3n) is 3.31. The molecule has 0 N–H and O–H groups in total. The lowest BCUT2D eigenvalue weighted by Crippen LogP contribution is -2.46. The molecule has 1 fully saturated rings. The molecule has 1 aliphatic heterocycles. The summed E-state index contributed by atoms with van der Waals surface area (Å²) in [5.74, 6) is 1.43. The van der Waals surface area contributed by atoms with E-state index in [9.17, 15) is 4.79 Å². The van der Waals surface area contributed by atoms with Crippen molar-refractivity contribution >= 4 is 11.8 Å². The first-order valence-electron chi connectivity index (χ1n) is 6.87. The van der Waals surface area contributed by atoms with Crippen molar-refractivity contribution in [3.8, 4) is 0 Å². The Hall–Kier alpha value is -1.65. The lowest BCUT2D eigenvalue weighted by Gasteiger charge is -2.35. The molecule has 1 aliphatic rings. The van der Waals surface area contributed by atoms with E-state index in [-0.39, 0.29) is 12.0 Å². The number of piperidine rings is 1. The van der Waals surface area contributed by atoms with Gasteiger partial charge in [0.25, 0.3) is 0 Å². The first-order chi connectivity index (χ1) is 9.11. The molecule has 1 saturated heterocycles. The van der Waals surface area contributed by atoms with Crippen LogP contribution in [-0.4, -0.2) is 35.1 Å². The highest BCUT2D eigenvalue weighted by Crippen LogP contribution is 2.24. The number of anilines is 1. The molecule has 0 bridgehead atoms. The molecule has 0 saturated carbocycles. The molecule has 2 heterocycles. The van der Waals surface area contributed by atoms with E-state index >= 15 is 0 Å². The molecule has 0 amide bonds. The number of esters is 1. The Morgan fingerprint density at radius 1 is 1.42 bits per heavy atom. The van der Waals surface area contributed by atoms with Crippen molar-refractivity contribution in [3.63, 3.8) is 0 Å². The van der Waals surface area contributed by atoms with Gasteiger partial charge in [-0.15, -0.1) is 0 Å². The molecule has 1 unspecified atom stereocenters. The van der Waals surface area contributed by atoms with Gasteiger partial charge in [-0.1, -0.05) is 0 Å². The van der Waals surface area contributed by atoms with E-state index in [1.165, 1.54) is 0 Å². The largest absolute Gasteiger partial charge is 0.464 e. The van der Waals surface area contributed by atoms with Crippen LogP contribution in [0.3, 0.4) is 0 Å². The van der Waals surface area contributed by atoms with Crippen molar-refractivity contribution in [2.75, 3.05) is 18.1 Å². The van der Waals surface area contributed by atoms with E-state index in [0.29, 0.717) is 6.61 Å². The number of nitrogens with zero attached hydrogens (tertiary/aromatic N) is 3. The Labute approximate surface area is 114 Å². The van der Waals surface area contributed by atoms with E-state index in [1.807, 2.05) is 26.8 Å². The first-order valence-corrected chi connectivity index (χ1v) is 6.87. The fourth-order valence-electron chi connectivity index (χ4n) is 2.53. The van der Waals surface area contributed by atoms with E-state index in [2.05, 4.69) is 14.9 Å². The average Bonchev–Trinajstić information content (AvgIpc) is 2.38. The maximum atomic E-state index is 12.0. The van der Waals surface area contributed by atoms with Crippen LogP contribution in [0.1, 0.15) is 37.7 Å². The van der Waals surface area contributed by atoms with Crippen molar-refractivity contribution in [2.24, 2.45) is 0 Å². The smallest absolute Gasteiger partial charge is 0.328 e. The van der Waals surface area contributed by atoms with Gasteiger partial charge in [0.2, 0.25) is 0 Å². The summed E-state index contributed by atoms with van der Waals surface area (Å²) in [6, 6.07) is 1.73. The summed E-state index contributed by atoms with van der Waals surface area (Å²) in [5, 5.41) is 0. The fraction of sp³-hybridized carbons (Fsp3) is 0.643. The van der Waals surface area contributed by atoms with Gasteiger partial charge in [0.05, 0.1) is 6.61 Å². The normalized spacial score (nSPS) is 19.3. The number of rotatable bonds is 3. The summed E-state index contributed by atoms with van der Waals surface area (Å²) in [5.41, 5.74) is 0.927. The van der Waals surface area contributed by atoms with Crippen LogP contribution in [0.25, 0.3) is 0 Å². The maximum Gasteiger partial charge on any atom is 0.328 e. The molecule has 0 aliphatic carbocycles. The third kappa shape index (κ3) is 3.22. The van der Waals surface area contributed by atoms with Crippen LogP contribution >= 0.6 is 0 Å². The standard InChI is InChI=1S/C14H21N3O2/c1-4-19-14(18)12-7-5-6-8-17(12)13-9-10(2)15-11(3)16-13/h9,12H,4-8H2,1-3H3. The second-order valence-electron chi connectivity index (χ2n) is 4.87. The lowest BCUT2D eigenvalue weighted by molar-refractivity contribution is -0.145. The van der Waals surface area contributed by atoms with Crippen molar-refractivity contribution < 1.29 is 9.53 Å². The molecule has 0 aromatic carbocycles. The van der Waals surface area contributed by atoms with Crippen molar-refractivity contribution in [1.29, 1.82) is 0 Å². The van der Waals surface area contributed by atoms with Crippen LogP contribution in [0.5, 0.6) is 0 Å². The van der Waals surface area contributed by atoms with E-state index in [4.69, 9.17) is 4.74 Å². The molecule has 104 valence electrons. The van der Waals surface area contributed by atoms with Crippen LogP contribution in [0.15, 0.2) is 6.07 Å². The van der Waals surface area contributed by atoms with Crippen LogP contribution in [0, 0.1) is 13.8 Å². The molecule has 5 heteroatoms. The van der Waals surface area contributed by atoms with Gasteiger partial charge in [-0.25, -0.2) is 14.8 Å². The van der Waals surface area contributed by atoms with Gasteiger partial charge >= 0.3 is 5.97 Å². The van der Waals surface area contributed by atoms with Crippen molar-refractivity contribution in [3.05, 3.63) is 17.6 Å². The second-order valence-corrected chi connectivity index (χ2v) is 4.87. The van der Waals surface area contributed by atoms with E-state index < -0.39 is 0 Å². The number of carbonyl (C=O) groups is 1. The monoisotopic (exact) mass is 263 g/mol. The number of ether oxygens (including phenoxy) is 1. The van der Waals surface area contributed by atoms with E-state index in [0.717, 1.165) is 43.1 Å². The van der Waals surface area contributed by atoms with Gasteiger partial charge in [-0.2, -0.15) is 0 Å². The van der Waals surface area contributed by atoms with Gasteiger partial charge in [0.1, 0.15) is 17.7 Å². The Bertz CT molecular complexity index is 442. The predicted octanol–water partition coefficient (Wildman–Crippen LogP) is 2.02. The molecule has 0 radical (unpaired) electrons. The summed E-state index contributed by atoms with van der Waals surface area (Å²) in [6.07, 6.45) is 2.97. The molecular formula is C14H21N3O2. The zero-order valence-corrected chi connectivity index (χ0v) is 11.8. The summed E-state index contributed by atoms with van der Waals surface area (Å²) in [7, 11) is 0. The maximum absolute atomic E-state index is 12.0. The number of hydrogen-bond acceptors (Lipinski definition) is 5. The highest BCUT2D eigenvalue weighted by Gasteiger charge is 2.30. The third-order valence-corrected chi connectivity index (χ3v) is 3.31. The van der Waals surface area contributed by atoms with Crippen LogP contribution in [0.4, 0.5) is 5.82 Å². The van der Waals surface area contributed by atoms with Gasteiger partial charge in [-0.05, 0) is 40.0 Å². The van der Waals surface area contributed by atoms with Gasteiger partial charge in [-0.3, -0.25) is 0 Å². The minimum absolute atomic E-state index is 0.142. The number of aromatic nitrogens is 2. The Morgan fingerprint density at radius 2 is 2.21 bits per heavy atom. The van der Waals surface area contributed by atoms with Crippen molar-refractivity contribution in [1.82, 2.24) is 9.97 Å². The SMILES string of the molecule is CCOC(=O)C1CCCCN1c1cc(C)nc(C)n1. The summed E-state index contributed by atoms with van der Waals surface area (Å²) in [6.45, 7) is 6.93. The minimum Gasteiger partial charge on any atom is -0.464 e. The van der Waals surface area contributed by atoms with E-state index in [1.54, 1.807) is 0 Å². The minimum atomic E-state index is -0.206. The summed E-state index contributed by atoms with van der Waals surface area (Å²) in [4.78, 5) is 22.8. The topological polar surface area (TPSA) is 55.3 Å². The first kappa shape index (κ1) is 13.8. The highest BCUT2D eigenvalue weighted by molar-refractivity contribution is 5.80. The molecule has 5 nitrogen and oxygen atoms in total. The Kier molecular flexibility index (Phi) is 4.35. The molecule has 19 heavy (non-hydrogen) atoms. The zero-order chi connectivity index (χ0) is 13.8. The van der Waals surface area contributed by atoms with Gasteiger partial charge < -0.3 is 9.64 Å². The van der Waals surface area contributed by atoms with Gasteiger partial charge in [0, 0.05) is 18.3 Å². The number of carbonyl (C=O) groups excluding carboxylic acids is 1. The molecular weight excluding hydrogens is 242 g/mol. The molecule has 1 atom stereocenters. The fourth-order valence-corrected chi connectivity index (χ4v) is 2.53. The molecule has 2 rings (SSSR count). The van der Waals surface area contributed by atoms with Crippen molar-refractivity contribution in [2.45, 2.75) is 46.1 Å². The highest BCUT2D eigenvalue weighted by atomic mass is 16.5. The Balaban J connectivity index is 2.25. The van der Waals surface area contributed by atoms with Crippen LogP contribution in [0.2, 0.25) is 0 Å². The Morgan fingerprint density at radius 3 is 2.89 bits per heavy atom. The van der Waals surface area contributed by atoms with Gasteiger partial charge in [0.15, 0.2) is 0 Å². The lowest BCUT2D eigenvalue weighted by atomic mass is 10.0. The summed E-state index contributed by atoms with van der Waals surface area (Å²) < 4.78 is 5.17. The molecule has 1 aromatic rings. The average molecular weight is 263 g/mol.